The van der Waals surface area contributed by atoms with E-state index in [-0.39, 0.29) is 37.4 Å². The Morgan fingerprint density at radius 1 is 1.29 bits per heavy atom. The third-order valence-corrected chi connectivity index (χ3v) is 1.50. The van der Waals surface area contributed by atoms with Crippen molar-refractivity contribution < 1.29 is 45.3 Å². The van der Waals surface area contributed by atoms with E-state index >= 15 is 0 Å². The van der Waals surface area contributed by atoms with Crippen molar-refractivity contribution in [2.75, 3.05) is 0 Å². The number of esters is 2. The number of hydrogen-bond acceptors (Lipinski definition) is 3. The Morgan fingerprint density at radius 2 is 1.86 bits per heavy atom. The predicted molar refractivity (Wildman–Crippen MR) is 48.3 cm³/mol. The summed E-state index contributed by atoms with van der Waals surface area (Å²) >= 11 is 0. The van der Waals surface area contributed by atoms with Crippen LogP contribution in [0, 0.1) is 0 Å². The molecule has 0 aliphatic rings. The van der Waals surface area contributed by atoms with Crippen LogP contribution in [0.15, 0.2) is 30.3 Å². The minimum absolute atomic E-state index is 0. The molecule has 0 heterocycles. The van der Waals surface area contributed by atoms with Gasteiger partial charge in [0.2, 0.25) is 0 Å². The number of carbonyl (C=O) groups excluding carboxylic acids is 2. The molecule has 70 valence electrons. The van der Waals surface area contributed by atoms with Crippen molar-refractivity contribution in [1.82, 2.24) is 0 Å². The molecule has 4 heteroatoms. The normalized spacial score (nSPS) is 8.64. The molecule has 0 aliphatic heterocycles. The fraction of sp³-hybridized carbons (Fsp3) is 0.200. The fourth-order valence-electron chi connectivity index (χ4n) is 0.809. The van der Waals surface area contributed by atoms with Crippen molar-refractivity contribution in [2.45, 2.75) is 13.3 Å². The van der Waals surface area contributed by atoms with Gasteiger partial charge in [-0.2, -0.15) is 0 Å². The van der Waals surface area contributed by atoms with Gasteiger partial charge in [-0.15, -0.1) is 0 Å². The van der Waals surface area contributed by atoms with E-state index in [1.807, 2.05) is 0 Å². The van der Waals surface area contributed by atoms with Gasteiger partial charge in [0.05, 0.1) is 5.56 Å². The van der Waals surface area contributed by atoms with Crippen LogP contribution in [0.1, 0.15) is 25.1 Å². The molecule has 1 aromatic rings. The molecular weight excluding hydrogens is 191 g/mol. The second-order valence-corrected chi connectivity index (χ2v) is 2.48. The van der Waals surface area contributed by atoms with Gasteiger partial charge in [0.1, 0.15) is 0 Å². The van der Waals surface area contributed by atoms with Gasteiger partial charge >= 0.3 is 41.5 Å². The number of hydrogen-bond donors (Lipinski definition) is 0. The second-order valence-electron chi connectivity index (χ2n) is 2.48. The van der Waals surface area contributed by atoms with Crippen LogP contribution in [0.4, 0.5) is 0 Å². The SMILES string of the molecule is CCC(=O)OC(=O)c1ccccc1.[H-].[Na+]. The first kappa shape index (κ1) is 13.4. The van der Waals surface area contributed by atoms with Gasteiger partial charge < -0.3 is 6.16 Å². The Bertz CT molecular complexity index is 314. The first-order chi connectivity index (χ1) is 6.24. The second kappa shape index (κ2) is 6.76. The summed E-state index contributed by atoms with van der Waals surface area (Å²) in [5.41, 5.74) is 0.393. The molecule has 0 saturated carbocycles. The molecule has 0 aliphatic carbocycles. The molecule has 0 fully saturated rings. The van der Waals surface area contributed by atoms with Crippen molar-refractivity contribution in [3.05, 3.63) is 35.9 Å². The van der Waals surface area contributed by atoms with Crippen molar-refractivity contribution in [2.24, 2.45) is 0 Å². The average molecular weight is 202 g/mol. The van der Waals surface area contributed by atoms with Crippen molar-refractivity contribution in [3.8, 4) is 0 Å². The molecule has 1 rings (SSSR count). The van der Waals surface area contributed by atoms with E-state index in [1.165, 1.54) is 0 Å². The minimum Gasteiger partial charge on any atom is -1.00 e. The van der Waals surface area contributed by atoms with Gasteiger partial charge in [0.25, 0.3) is 0 Å². The molecule has 0 N–H and O–H groups in total. The van der Waals surface area contributed by atoms with Gasteiger partial charge in [0, 0.05) is 6.42 Å². The van der Waals surface area contributed by atoms with Crippen molar-refractivity contribution in [1.29, 1.82) is 0 Å². The number of ether oxygens (including phenoxy) is 1. The summed E-state index contributed by atoms with van der Waals surface area (Å²) in [6.45, 7) is 1.64. The van der Waals surface area contributed by atoms with Gasteiger partial charge in [-0.3, -0.25) is 4.79 Å². The number of benzene rings is 1. The van der Waals surface area contributed by atoms with E-state index in [9.17, 15) is 9.59 Å². The average Bonchev–Trinajstić information content (AvgIpc) is 2.19. The Kier molecular flexibility index (Phi) is 6.45. The number of carbonyl (C=O) groups is 2. The van der Waals surface area contributed by atoms with Gasteiger partial charge in [-0.1, -0.05) is 25.1 Å². The standard InChI is InChI=1S/C10H10O3.Na.H/c1-2-9(11)13-10(12)8-6-4-3-5-7-8;;/h3-7H,2H2,1H3;;/q;+1;-1. The van der Waals surface area contributed by atoms with Gasteiger partial charge in [-0.25, -0.2) is 4.79 Å². The van der Waals surface area contributed by atoms with E-state index in [4.69, 9.17) is 0 Å². The predicted octanol–water partition coefficient (Wildman–Crippen LogP) is -1.10. The summed E-state index contributed by atoms with van der Waals surface area (Å²) in [7, 11) is 0. The summed E-state index contributed by atoms with van der Waals surface area (Å²) < 4.78 is 4.51. The molecule has 0 unspecified atom stereocenters. The molecular formula is C10H11NaO3. The fourth-order valence-corrected chi connectivity index (χ4v) is 0.809. The summed E-state index contributed by atoms with van der Waals surface area (Å²) in [6.07, 6.45) is 0.207. The third-order valence-electron chi connectivity index (χ3n) is 1.50. The van der Waals surface area contributed by atoms with Gasteiger partial charge in [0.15, 0.2) is 0 Å². The largest absolute Gasteiger partial charge is 1.00 e. The van der Waals surface area contributed by atoms with Crippen LogP contribution < -0.4 is 29.6 Å². The van der Waals surface area contributed by atoms with E-state index in [0.717, 1.165) is 0 Å². The first-order valence-electron chi connectivity index (χ1n) is 4.04. The third kappa shape index (κ3) is 4.05. The Morgan fingerprint density at radius 3 is 2.36 bits per heavy atom. The van der Waals surface area contributed by atoms with Crippen LogP contribution in [0.2, 0.25) is 0 Å². The molecule has 0 atom stereocenters. The van der Waals surface area contributed by atoms with E-state index < -0.39 is 11.9 Å². The topological polar surface area (TPSA) is 43.4 Å². The van der Waals surface area contributed by atoms with E-state index in [1.54, 1.807) is 37.3 Å². The maximum atomic E-state index is 11.2. The molecule has 3 nitrogen and oxygen atoms in total. The summed E-state index contributed by atoms with van der Waals surface area (Å²) in [5.74, 6) is -1.10. The zero-order chi connectivity index (χ0) is 9.68. The van der Waals surface area contributed by atoms with Crippen molar-refractivity contribution in [3.63, 3.8) is 0 Å². The minimum atomic E-state index is -0.590. The van der Waals surface area contributed by atoms with Crippen LogP contribution in [0.5, 0.6) is 0 Å². The van der Waals surface area contributed by atoms with E-state index in [2.05, 4.69) is 4.74 Å². The van der Waals surface area contributed by atoms with Crippen LogP contribution in [-0.4, -0.2) is 11.9 Å². The molecule has 0 amide bonds. The quantitative estimate of drug-likeness (QED) is 0.347. The zero-order valence-corrected chi connectivity index (χ0v) is 10.3. The molecule has 0 bridgehead atoms. The van der Waals surface area contributed by atoms with E-state index in [0.29, 0.717) is 5.56 Å². The molecule has 0 saturated heterocycles. The van der Waals surface area contributed by atoms with Crippen LogP contribution in [-0.2, 0) is 9.53 Å². The molecule has 1 aromatic carbocycles. The molecule has 0 aromatic heterocycles. The van der Waals surface area contributed by atoms with Crippen LogP contribution in [0.25, 0.3) is 0 Å². The molecule has 14 heavy (non-hydrogen) atoms. The summed E-state index contributed by atoms with van der Waals surface area (Å²) in [6, 6.07) is 8.43. The maximum Gasteiger partial charge on any atom is 1.00 e. The summed E-state index contributed by atoms with van der Waals surface area (Å²) in [4.78, 5) is 21.9. The molecule has 0 radical (unpaired) electrons. The first-order valence-corrected chi connectivity index (χ1v) is 4.04. The zero-order valence-electron chi connectivity index (χ0n) is 9.32. The van der Waals surface area contributed by atoms with Gasteiger partial charge in [-0.05, 0) is 12.1 Å². The Labute approximate surface area is 106 Å². The Hall–Kier alpha value is -0.640. The summed E-state index contributed by atoms with van der Waals surface area (Å²) in [5, 5.41) is 0. The monoisotopic (exact) mass is 202 g/mol. The van der Waals surface area contributed by atoms with Crippen LogP contribution in [0.3, 0.4) is 0 Å². The number of rotatable bonds is 2. The van der Waals surface area contributed by atoms with Crippen LogP contribution >= 0.6 is 0 Å². The smallest absolute Gasteiger partial charge is 1.00 e. The Balaban J connectivity index is 0. The molecule has 0 spiro atoms. The van der Waals surface area contributed by atoms with Crippen molar-refractivity contribution >= 4 is 11.9 Å². The maximum absolute atomic E-state index is 11.2.